The second kappa shape index (κ2) is 10.5. The summed E-state index contributed by atoms with van der Waals surface area (Å²) >= 11 is 6.21. The predicted molar refractivity (Wildman–Crippen MR) is 102 cm³/mol. The largest absolute Gasteiger partial charge is 0.339 e. The molecule has 0 saturated carbocycles. The zero-order valence-electron chi connectivity index (χ0n) is 14.6. The van der Waals surface area contributed by atoms with Crippen molar-refractivity contribution in [2.24, 2.45) is 11.7 Å². The SMILES string of the molecule is CCC(C)C(N)C(=O)Nc1ccc(C(=O)N(CC)CC)c(Cl)c1.Cl. The van der Waals surface area contributed by atoms with Gasteiger partial charge in [0, 0.05) is 18.8 Å². The first-order valence-electron chi connectivity index (χ1n) is 8.00. The van der Waals surface area contributed by atoms with Crippen molar-refractivity contribution in [3.63, 3.8) is 0 Å². The third kappa shape index (κ3) is 5.65. The van der Waals surface area contributed by atoms with Crippen LogP contribution in [0.25, 0.3) is 0 Å². The van der Waals surface area contributed by atoms with Crippen LogP contribution in [0, 0.1) is 5.92 Å². The maximum Gasteiger partial charge on any atom is 0.255 e. The van der Waals surface area contributed by atoms with E-state index in [2.05, 4.69) is 5.32 Å². The van der Waals surface area contributed by atoms with Crippen molar-refractivity contribution in [2.75, 3.05) is 18.4 Å². The van der Waals surface area contributed by atoms with Crippen molar-refractivity contribution in [2.45, 2.75) is 40.2 Å². The summed E-state index contributed by atoms with van der Waals surface area (Å²) < 4.78 is 0. The first-order chi connectivity index (χ1) is 10.8. The molecule has 0 aromatic heterocycles. The van der Waals surface area contributed by atoms with Gasteiger partial charge in [0.25, 0.3) is 5.91 Å². The van der Waals surface area contributed by atoms with Gasteiger partial charge in [-0.05, 0) is 38.0 Å². The minimum atomic E-state index is -0.573. The van der Waals surface area contributed by atoms with E-state index < -0.39 is 6.04 Å². The normalized spacial score (nSPS) is 12.8. The van der Waals surface area contributed by atoms with Crippen LogP contribution < -0.4 is 11.1 Å². The van der Waals surface area contributed by atoms with Crippen LogP contribution in [-0.2, 0) is 4.79 Å². The highest BCUT2D eigenvalue weighted by molar-refractivity contribution is 6.34. The number of carbonyl (C=O) groups is 2. The molecule has 2 amide bonds. The lowest BCUT2D eigenvalue weighted by Gasteiger charge is -2.20. The summed E-state index contributed by atoms with van der Waals surface area (Å²) in [7, 11) is 0. The summed E-state index contributed by atoms with van der Waals surface area (Å²) in [6, 6.07) is 4.31. The number of halogens is 2. The summed E-state index contributed by atoms with van der Waals surface area (Å²) in [6.07, 6.45) is 0.826. The molecule has 0 saturated heterocycles. The van der Waals surface area contributed by atoms with E-state index in [1.165, 1.54) is 0 Å². The Morgan fingerprint density at radius 3 is 2.29 bits per heavy atom. The average Bonchev–Trinajstić information content (AvgIpc) is 2.54. The number of nitrogens with two attached hydrogens (primary N) is 1. The zero-order valence-corrected chi connectivity index (χ0v) is 16.2. The number of hydrogen-bond donors (Lipinski definition) is 2. The van der Waals surface area contributed by atoms with Gasteiger partial charge in [-0.2, -0.15) is 0 Å². The molecule has 0 aliphatic carbocycles. The highest BCUT2D eigenvalue weighted by Crippen LogP contribution is 2.23. The van der Waals surface area contributed by atoms with E-state index in [-0.39, 0.29) is 30.1 Å². The lowest BCUT2D eigenvalue weighted by atomic mass is 9.99. The minimum absolute atomic E-state index is 0. The van der Waals surface area contributed by atoms with Crippen LogP contribution in [-0.4, -0.2) is 35.8 Å². The van der Waals surface area contributed by atoms with Gasteiger partial charge in [-0.3, -0.25) is 9.59 Å². The average molecular weight is 376 g/mol. The molecule has 5 nitrogen and oxygen atoms in total. The van der Waals surface area contributed by atoms with Gasteiger partial charge in [-0.25, -0.2) is 0 Å². The molecule has 2 unspecified atom stereocenters. The minimum Gasteiger partial charge on any atom is -0.339 e. The standard InChI is InChI=1S/C17H26ClN3O2.ClH/c1-5-11(4)15(19)16(22)20-12-8-9-13(14(18)10-12)17(23)21(6-2)7-3;/h8-11,15H,5-7,19H2,1-4H3,(H,20,22);1H. The summed E-state index contributed by atoms with van der Waals surface area (Å²) in [5, 5.41) is 3.06. The molecule has 0 fully saturated rings. The Balaban J connectivity index is 0.00000529. The van der Waals surface area contributed by atoms with Gasteiger partial charge in [-0.1, -0.05) is 31.9 Å². The maximum absolute atomic E-state index is 12.3. The molecule has 0 aliphatic heterocycles. The van der Waals surface area contributed by atoms with Crippen molar-refractivity contribution < 1.29 is 9.59 Å². The maximum atomic E-state index is 12.3. The fraction of sp³-hybridized carbons (Fsp3) is 0.529. The van der Waals surface area contributed by atoms with Gasteiger partial charge < -0.3 is 16.0 Å². The highest BCUT2D eigenvalue weighted by Gasteiger charge is 2.20. The van der Waals surface area contributed by atoms with Gasteiger partial charge in [0.1, 0.15) is 0 Å². The van der Waals surface area contributed by atoms with Crippen LogP contribution in [0.4, 0.5) is 5.69 Å². The number of benzene rings is 1. The molecule has 3 N–H and O–H groups in total. The molecule has 0 radical (unpaired) electrons. The zero-order chi connectivity index (χ0) is 17.6. The lowest BCUT2D eigenvalue weighted by Crippen LogP contribution is -2.40. The molecule has 0 spiro atoms. The van der Waals surface area contributed by atoms with Crippen molar-refractivity contribution in [3.8, 4) is 0 Å². The second-order valence-corrected chi connectivity index (χ2v) is 5.98. The molecular formula is C17H27Cl2N3O2. The topological polar surface area (TPSA) is 75.4 Å². The number of nitrogens with zero attached hydrogens (tertiary/aromatic N) is 1. The van der Waals surface area contributed by atoms with Crippen LogP contribution >= 0.6 is 24.0 Å². The Morgan fingerprint density at radius 2 is 1.83 bits per heavy atom. The predicted octanol–water partition coefficient (Wildman–Crippen LogP) is 3.56. The Morgan fingerprint density at radius 1 is 1.25 bits per heavy atom. The van der Waals surface area contributed by atoms with Crippen LogP contribution in [0.3, 0.4) is 0 Å². The van der Waals surface area contributed by atoms with Crippen molar-refractivity contribution in [1.82, 2.24) is 4.90 Å². The first kappa shape index (κ1) is 22.7. The van der Waals surface area contributed by atoms with Crippen molar-refractivity contribution in [1.29, 1.82) is 0 Å². The third-order valence-corrected chi connectivity index (χ3v) is 4.39. The van der Waals surface area contributed by atoms with E-state index in [9.17, 15) is 9.59 Å². The van der Waals surface area contributed by atoms with Gasteiger partial charge >= 0.3 is 0 Å². The molecule has 24 heavy (non-hydrogen) atoms. The first-order valence-corrected chi connectivity index (χ1v) is 8.38. The Kier molecular flexibility index (Phi) is 9.97. The number of amides is 2. The molecule has 0 bridgehead atoms. The Hall–Kier alpha value is -1.30. The molecule has 136 valence electrons. The van der Waals surface area contributed by atoms with E-state index in [0.717, 1.165) is 6.42 Å². The summed E-state index contributed by atoms with van der Waals surface area (Å²) in [5.74, 6) is -0.276. The smallest absolute Gasteiger partial charge is 0.255 e. The summed E-state index contributed by atoms with van der Waals surface area (Å²) in [4.78, 5) is 26.1. The van der Waals surface area contributed by atoms with Crippen LogP contribution in [0.15, 0.2) is 18.2 Å². The quantitative estimate of drug-likeness (QED) is 0.764. The molecular weight excluding hydrogens is 349 g/mol. The van der Waals surface area contributed by atoms with E-state index in [1.807, 2.05) is 27.7 Å². The second-order valence-electron chi connectivity index (χ2n) is 5.57. The van der Waals surface area contributed by atoms with E-state index in [4.69, 9.17) is 17.3 Å². The van der Waals surface area contributed by atoms with Gasteiger partial charge in [0.15, 0.2) is 0 Å². The van der Waals surface area contributed by atoms with Gasteiger partial charge in [0.05, 0.1) is 16.6 Å². The number of hydrogen-bond acceptors (Lipinski definition) is 3. The fourth-order valence-corrected chi connectivity index (χ4v) is 2.45. The summed E-state index contributed by atoms with van der Waals surface area (Å²) in [5.41, 5.74) is 6.87. The van der Waals surface area contributed by atoms with Gasteiger partial charge in [-0.15, -0.1) is 12.4 Å². The molecule has 1 rings (SSSR count). The fourth-order valence-electron chi connectivity index (χ4n) is 2.19. The van der Waals surface area contributed by atoms with Gasteiger partial charge in [0.2, 0.25) is 5.91 Å². The number of anilines is 1. The molecule has 0 aliphatic rings. The highest BCUT2D eigenvalue weighted by atomic mass is 35.5. The molecule has 1 aromatic carbocycles. The third-order valence-electron chi connectivity index (χ3n) is 4.08. The van der Waals surface area contributed by atoms with Crippen LogP contribution in [0.2, 0.25) is 5.02 Å². The number of carbonyl (C=O) groups excluding carboxylic acids is 2. The van der Waals surface area contributed by atoms with E-state index in [1.54, 1.807) is 23.1 Å². The van der Waals surface area contributed by atoms with Crippen molar-refractivity contribution in [3.05, 3.63) is 28.8 Å². The van der Waals surface area contributed by atoms with Crippen LogP contribution in [0.1, 0.15) is 44.5 Å². The van der Waals surface area contributed by atoms with E-state index in [0.29, 0.717) is 29.4 Å². The monoisotopic (exact) mass is 375 g/mol. The molecule has 2 atom stereocenters. The van der Waals surface area contributed by atoms with Crippen LogP contribution in [0.5, 0.6) is 0 Å². The lowest BCUT2D eigenvalue weighted by molar-refractivity contribution is -0.118. The molecule has 1 aromatic rings. The Bertz CT molecular complexity index is 563. The number of rotatable bonds is 7. The van der Waals surface area contributed by atoms with E-state index >= 15 is 0 Å². The summed E-state index contributed by atoms with van der Waals surface area (Å²) in [6.45, 7) is 8.99. The van der Waals surface area contributed by atoms with Crippen molar-refractivity contribution >= 4 is 41.5 Å². The number of nitrogens with one attached hydrogen (secondary N) is 1. The molecule has 0 heterocycles. The molecule has 7 heteroatoms. The Labute approximate surface area is 155 Å².